The summed E-state index contributed by atoms with van der Waals surface area (Å²) in [6, 6.07) is 12.9. The van der Waals surface area contributed by atoms with Gasteiger partial charge in [-0.3, -0.25) is 5.10 Å². The van der Waals surface area contributed by atoms with E-state index in [1.54, 1.807) is 25.3 Å². The molecule has 2 aromatic carbocycles. The molecule has 0 saturated heterocycles. The molecule has 9 heteroatoms. The molecule has 31 heavy (non-hydrogen) atoms. The highest BCUT2D eigenvalue weighted by Crippen LogP contribution is 2.47. The van der Waals surface area contributed by atoms with Gasteiger partial charge in [-0.1, -0.05) is 29.3 Å². The summed E-state index contributed by atoms with van der Waals surface area (Å²) in [6.45, 7) is 2.41. The van der Waals surface area contributed by atoms with Crippen LogP contribution in [0.15, 0.2) is 47.9 Å². The minimum Gasteiger partial charge on any atom is -0.493 e. The average molecular weight is 457 g/mol. The van der Waals surface area contributed by atoms with Gasteiger partial charge in [-0.2, -0.15) is 5.26 Å². The highest BCUT2D eigenvalue weighted by atomic mass is 35.5. The zero-order valence-electron chi connectivity index (χ0n) is 16.7. The predicted octanol–water partition coefficient (Wildman–Crippen LogP) is 5.01. The predicted molar refractivity (Wildman–Crippen MR) is 118 cm³/mol. The molecular weight excluding hydrogens is 439 g/mol. The van der Waals surface area contributed by atoms with Gasteiger partial charge in [0.1, 0.15) is 11.6 Å². The van der Waals surface area contributed by atoms with E-state index < -0.39 is 5.92 Å². The molecule has 0 unspecified atom stereocenters. The number of nitrogens with one attached hydrogen (secondary N) is 1. The first kappa shape index (κ1) is 20.9. The van der Waals surface area contributed by atoms with Gasteiger partial charge in [0.25, 0.3) is 0 Å². The van der Waals surface area contributed by atoms with Crippen LogP contribution in [-0.2, 0) is 0 Å². The maximum atomic E-state index is 9.83. The average Bonchev–Trinajstić information content (AvgIpc) is 3.18. The molecule has 3 N–H and O–H groups in total. The molecule has 3 aromatic rings. The summed E-state index contributed by atoms with van der Waals surface area (Å²) in [5, 5.41) is 17.9. The largest absolute Gasteiger partial charge is 0.493 e. The van der Waals surface area contributed by atoms with Crippen molar-refractivity contribution in [2.75, 3.05) is 13.7 Å². The second-order valence-electron chi connectivity index (χ2n) is 6.71. The summed E-state index contributed by atoms with van der Waals surface area (Å²) in [6.07, 6.45) is 0. The van der Waals surface area contributed by atoms with E-state index in [4.69, 9.17) is 43.1 Å². The lowest BCUT2D eigenvalue weighted by Crippen LogP contribution is -2.21. The van der Waals surface area contributed by atoms with E-state index in [2.05, 4.69) is 16.3 Å². The Hall–Kier alpha value is -3.34. The Bertz CT molecular complexity index is 1230. The van der Waals surface area contributed by atoms with E-state index in [0.29, 0.717) is 39.4 Å². The molecule has 0 aliphatic carbocycles. The van der Waals surface area contributed by atoms with E-state index in [1.807, 2.05) is 25.1 Å². The Balaban J connectivity index is 1.90. The number of halogens is 2. The monoisotopic (exact) mass is 456 g/mol. The molecule has 1 aliphatic rings. The van der Waals surface area contributed by atoms with Gasteiger partial charge in [0, 0.05) is 5.56 Å². The third-order valence-corrected chi connectivity index (χ3v) is 5.71. The van der Waals surface area contributed by atoms with Crippen LogP contribution in [0.25, 0.3) is 11.3 Å². The van der Waals surface area contributed by atoms with Gasteiger partial charge in [-0.15, -0.1) is 5.10 Å². The molecule has 0 saturated carbocycles. The Labute approximate surface area is 188 Å². The van der Waals surface area contributed by atoms with E-state index in [9.17, 15) is 5.26 Å². The Kier molecular flexibility index (Phi) is 5.68. The van der Waals surface area contributed by atoms with E-state index >= 15 is 0 Å². The Morgan fingerprint density at radius 1 is 1.19 bits per heavy atom. The maximum absolute atomic E-state index is 9.83. The van der Waals surface area contributed by atoms with Crippen molar-refractivity contribution in [3.63, 3.8) is 0 Å². The van der Waals surface area contributed by atoms with Crippen LogP contribution in [-0.4, -0.2) is 23.9 Å². The molecule has 0 amide bonds. The fourth-order valence-corrected chi connectivity index (χ4v) is 3.89. The lowest BCUT2D eigenvalue weighted by Gasteiger charge is -2.24. The zero-order chi connectivity index (χ0) is 22.1. The van der Waals surface area contributed by atoms with Crippen molar-refractivity contribution in [3.05, 3.63) is 69.0 Å². The fraction of sp³-hybridized carbons (Fsp3) is 0.182. The third kappa shape index (κ3) is 3.65. The van der Waals surface area contributed by atoms with Crippen molar-refractivity contribution >= 4 is 23.2 Å². The summed E-state index contributed by atoms with van der Waals surface area (Å²) in [4.78, 5) is 0. The Morgan fingerprint density at radius 2 is 2.00 bits per heavy atom. The number of hydrogen-bond acceptors (Lipinski definition) is 6. The van der Waals surface area contributed by atoms with Crippen molar-refractivity contribution in [2.24, 2.45) is 5.73 Å². The van der Waals surface area contributed by atoms with Gasteiger partial charge in [-0.05, 0) is 42.8 Å². The first-order valence-electron chi connectivity index (χ1n) is 9.40. The number of benzene rings is 2. The number of H-pyrrole nitrogens is 1. The molecule has 4 rings (SSSR count). The van der Waals surface area contributed by atoms with Crippen LogP contribution in [0.5, 0.6) is 17.4 Å². The fourth-order valence-electron chi connectivity index (χ4n) is 3.59. The highest BCUT2D eigenvalue weighted by molar-refractivity contribution is 6.42. The number of nitriles is 1. The first-order valence-corrected chi connectivity index (χ1v) is 10.2. The standard InChI is InChI=1S/C22H18Cl2N4O3/c1-3-30-16-7-5-12(9-17(16)29-2)20-19-18(11-4-6-14(23)15(24)8-11)13(10-25)21(26)31-22(19)28-27-20/h4-9,18H,3,26H2,1-2H3,(H,27,28)/t18-/m1/s1. The minimum atomic E-state index is -0.546. The molecule has 1 aromatic heterocycles. The normalized spacial score (nSPS) is 15.1. The van der Waals surface area contributed by atoms with Crippen molar-refractivity contribution < 1.29 is 14.2 Å². The minimum absolute atomic E-state index is 0.00611. The van der Waals surface area contributed by atoms with Crippen molar-refractivity contribution in [2.45, 2.75) is 12.8 Å². The maximum Gasteiger partial charge on any atom is 0.244 e. The van der Waals surface area contributed by atoms with Gasteiger partial charge in [-0.25, -0.2) is 0 Å². The quantitative estimate of drug-likeness (QED) is 0.558. The molecule has 7 nitrogen and oxygen atoms in total. The number of allylic oxidation sites excluding steroid dienone is 1. The molecular formula is C22H18Cl2N4O3. The van der Waals surface area contributed by atoms with Crippen LogP contribution in [0, 0.1) is 11.3 Å². The number of aromatic nitrogens is 2. The molecule has 0 bridgehead atoms. The van der Waals surface area contributed by atoms with Gasteiger partial charge in [0.2, 0.25) is 11.8 Å². The lowest BCUT2D eigenvalue weighted by molar-refractivity contribution is 0.311. The summed E-state index contributed by atoms with van der Waals surface area (Å²) in [5.74, 6) is 0.931. The second-order valence-corrected chi connectivity index (χ2v) is 7.53. The number of nitrogens with zero attached hydrogens (tertiary/aromatic N) is 2. The summed E-state index contributed by atoms with van der Waals surface area (Å²) < 4.78 is 16.7. The smallest absolute Gasteiger partial charge is 0.244 e. The van der Waals surface area contributed by atoms with Crippen LogP contribution < -0.4 is 19.9 Å². The molecule has 0 spiro atoms. The van der Waals surface area contributed by atoms with E-state index in [1.165, 1.54) is 0 Å². The number of methoxy groups -OCH3 is 1. The van der Waals surface area contributed by atoms with Crippen LogP contribution in [0.1, 0.15) is 24.0 Å². The summed E-state index contributed by atoms with van der Waals surface area (Å²) >= 11 is 12.4. The SMILES string of the molecule is CCOc1ccc(-c2[nH]nc3c2[C@H](c2ccc(Cl)c(Cl)c2)C(C#N)=C(N)O3)cc1OC. The zero-order valence-corrected chi connectivity index (χ0v) is 18.2. The van der Waals surface area contributed by atoms with Crippen LogP contribution in [0.4, 0.5) is 0 Å². The lowest BCUT2D eigenvalue weighted by atomic mass is 9.83. The van der Waals surface area contributed by atoms with Crippen molar-refractivity contribution in [3.8, 4) is 34.7 Å². The van der Waals surface area contributed by atoms with Gasteiger partial charge in [0.15, 0.2) is 11.5 Å². The van der Waals surface area contributed by atoms with Crippen LogP contribution >= 0.6 is 23.2 Å². The number of rotatable bonds is 5. The van der Waals surface area contributed by atoms with Gasteiger partial charge in [0.05, 0.1) is 40.9 Å². The number of aromatic amines is 1. The number of ether oxygens (including phenoxy) is 3. The number of hydrogen-bond donors (Lipinski definition) is 2. The highest BCUT2D eigenvalue weighted by Gasteiger charge is 2.36. The van der Waals surface area contributed by atoms with Crippen LogP contribution in [0.3, 0.4) is 0 Å². The molecule has 158 valence electrons. The molecule has 2 heterocycles. The van der Waals surface area contributed by atoms with Crippen LogP contribution in [0.2, 0.25) is 10.0 Å². The number of nitrogens with two attached hydrogens (primary N) is 1. The molecule has 1 aliphatic heterocycles. The van der Waals surface area contributed by atoms with E-state index in [0.717, 1.165) is 11.1 Å². The molecule has 0 fully saturated rings. The van der Waals surface area contributed by atoms with Crippen molar-refractivity contribution in [1.82, 2.24) is 10.2 Å². The third-order valence-electron chi connectivity index (χ3n) is 4.97. The molecule has 0 radical (unpaired) electrons. The van der Waals surface area contributed by atoms with Gasteiger partial charge >= 0.3 is 0 Å². The van der Waals surface area contributed by atoms with Gasteiger partial charge < -0.3 is 19.9 Å². The van der Waals surface area contributed by atoms with Crippen molar-refractivity contribution in [1.29, 1.82) is 5.26 Å². The topological polar surface area (TPSA) is 106 Å². The summed E-state index contributed by atoms with van der Waals surface area (Å²) in [7, 11) is 1.57. The number of fused-ring (bicyclic) bond motifs is 1. The second kappa shape index (κ2) is 8.42. The Morgan fingerprint density at radius 3 is 2.68 bits per heavy atom. The summed E-state index contributed by atoms with van der Waals surface area (Å²) in [5.41, 5.74) is 9.12. The van der Waals surface area contributed by atoms with E-state index in [-0.39, 0.29) is 17.3 Å². The molecule has 1 atom stereocenters. The first-order chi connectivity index (χ1) is 15.0.